The zero-order chi connectivity index (χ0) is 15.9. The van der Waals surface area contributed by atoms with Crippen molar-refractivity contribution in [1.82, 2.24) is 5.32 Å². The van der Waals surface area contributed by atoms with Gasteiger partial charge in [-0.2, -0.15) is 0 Å². The maximum absolute atomic E-state index is 13.2. The Morgan fingerprint density at radius 2 is 2.27 bits per heavy atom. The van der Waals surface area contributed by atoms with E-state index in [0.717, 1.165) is 37.9 Å². The highest BCUT2D eigenvalue weighted by Gasteiger charge is 2.18. The maximum Gasteiger partial charge on any atom is 0.220 e. The average molecular weight is 307 g/mol. The first-order valence-electron chi connectivity index (χ1n) is 8.21. The van der Waals surface area contributed by atoms with Crippen molar-refractivity contribution in [2.24, 2.45) is 0 Å². The number of nitrogens with one attached hydrogen (secondary N) is 1. The average Bonchev–Trinajstić information content (AvgIpc) is 2.98. The number of benzene rings is 1. The molecule has 3 unspecified atom stereocenters. The van der Waals surface area contributed by atoms with Gasteiger partial charge in [-0.15, -0.1) is 0 Å². The summed E-state index contributed by atoms with van der Waals surface area (Å²) in [6.07, 6.45) is 4.97. The summed E-state index contributed by atoms with van der Waals surface area (Å²) in [5.41, 5.74) is 0.863. The molecule has 1 aromatic carbocycles. The van der Waals surface area contributed by atoms with E-state index in [-0.39, 0.29) is 23.7 Å². The fourth-order valence-corrected chi connectivity index (χ4v) is 2.92. The Balaban J connectivity index is 1.72. The maximum atomic E-state index is 13.2. The SMILES string of the molecule is CC(CCC1CCCO1)NC(=O)CC(C)c1cccc(F)c1. The zero-order valence-corrected chi connectivity index (χ0v) is 13.5. The van der Waals surface area contributed by atoms with E-state index in [9.17, 15) is 9.18 Å². The summed E-state index contributed by atoms with van der Waals surface area (Å²) in [5.74, 6) is -0.215. The molecule has 1 fully saturated rings. The Morgan fingerprint density at radius 3 is 2.95 bits per heavy atom. The number of hydrogen-bond donors (Lipinski definition) is 1. The molecule has 3 nitrogen and oxygen atoms in total. The van der Waals surface area contributed by atoms with Crippen molar-refractivity contribution in [3.63, 3.8) is 0 Å². The monoisotopic (exact) mass is 307 g/mol. The molecule has 1 aromatic rings. The van der Waals surface area contributed by atoms with Gasteiger partial charge < -0.3 is 10.1 Å². The lowest BCUT2D eigenvalue weighted by Gasteiger charge is -2.18. The van der Waals surface area contributed by atoms with E-state index in [0.29, 0.717) is 12.5 Å². The molecule has 0 saturated carbocycles. The zero-order valence-electron chi connectivity index (χ0n) is 13.5. The standard InChI is InChI=1S/C18H26FNO2/c1-13(15-5-3-6-16(19)12-15)11-18(21)20-14(2)8-9-17-7-4-10-22-17/h3,5-6,12-14,17H,4,7-11H2,1-2H3,(H,20,21). The molecule has 22 heavy (non-hydrogen) atoms. The van der Waals surface area contributed by atoms with E-state index in [1.165, 1.54) is 12.1 Å². The van der Waals surface area contributed by atoms with Crippen LogP contribution in [0.2, 0.25) is 0 Å². The van der Waals surface area contributed by atoms with Gasteiger partial charge in [0.25, 0.3) is 0 Å². The third-order valence-electron chi connectivity index (χ3n) is 4.26. The number of hydrogen-bond acceptors (Lipinski definition) is 2. The number of carbonyl (C=O) groups excluding carboxylic acids is 1. The lowest BCUT2D eigenvalue weighted by Crippen LogP contribution is -2.33. The van der Waals surface area contributed by atoms with Crippen molar-refractivity contribution < 1.29 is 13.9 Å². The fourth-order valence-electron chi connectivity index (χ4n) is 2.92. The van der Waals surface area contributed by atoms with Crippen molar-refractivity contribution in [2.75, 3.05) is 6.61 Å². The van der Waals surface area contributed by atoms with E-state index >= 15 is 0 Å². The lowest BCUT2D eigenvalue weighted by molar-refractivity contribution is -0.122. The smallest absolute Gasteiger partial charge is 0.220 e. The minimum Gasteiger partial charge on any atom is -0.378 e. The summed E-state index contributed by atoms with van der Waals surface area (Å²) < 4.78 is 18.8. The summed E-state index contributed by atoms with van der Waals surface area (Å²) >= 11 is 0. The normalized spacial score (nSPS) is 20.6. The number of amides is 1. The fraction of sp³-hybridized carbons (Fsp3) is 0.611. The molecule has 0 spiro atoms. The van der Waals surface area contributed by atoms with Crippen molar-refractivity contribution >= 4 is 5.91 Å². The van der Waals surface area contributed by atoms with Gasteiger partial charge in [-0.1, -0.05) is 19.1 Å². The third kappa shape index (κ3) is 5.41. The second kappa shape index (κ2) is 8.28. The van der Waals surface area contributed by atoms with Gasteiger partial charge in [-0.25, -0.2) is 4.39 Å². The highest BCUT2D eigenvalue weighted by molar-refractivity contribution is 5.77. The van der Waals surface area contributed by atoms with Crippen LogP contribution in [-0.2, 0) is 9.53 Å². The van der Waals surface area contributed by atoms with Crippen molar-refractivity contribution in [1.29, 1.82) is 0 Å². The van der Waals surface area contributed by atoms with Crippen LogP contribution in [0.1, 0.15) is 57.4 Å². The first-order valence-corrected chi connectivity index (χ1v) is 8.21. The van der Waals surface area contributed by atoms with Gasteiger partial charge >= 0.3 is 0 Å². The van der Waals surface area contributed by atoms with Crippen LogP contribution in [0.5, 0.6) is 0 Å². The number of halogens is 1. The molecule has 0 bridgehead atoms. The molecule has 1 aliphatic heterocycles. The molecule has 0 aliphatic carbocycles. The van der Waals surface area contributed by atoms with E-state index in [2.05, 4.69) is 5.32 Å². The molecule has 3 atom stereocenters. The number of ether oxygens (including phenoxy) is 1. The minimum absolute atomic E-state index is 0.0149. The Bertz CT molecular complexity index is 486. The molecular weight excluding hydrogens is 281 g/mol. The molecule has 1 saturated heterocycles. The molecule has 0 radical (unpaired) electrons. The van der Waals surface area contributed by atoms with Crippen molar-refractivity contribution in [3.05, 3.63) is 35.6 Å². The molecule has 0 aromatic heterocycles. The Labute approximate surface area is 132 Å². The Hall–Kier alpha value is -1.42. The summed E-state index contributed by atoms with van der Waals surface area (Å²) in [4.78, 5) is 12.1. The lowest BCUT2D eigenvalue weighted by atomic mass is 9.97. The van der Waals surface area contributed by atoms with E-state index in [1.54, 1.807) is 6.07 Å². The van der Waals surface area contributed by atoms with Crippen molar-refractivity contribution in [2.45, 2.75) is 64.0 Å². The van der Waals surface area contributed by atoms with Crippen LogP contribution in [0, 0.1) is 5.82 Å². The number of rotatable bonds is 7. The van der Waals surface area contributed by atoms with Crippen LogP contribution < -0.4 is 5.32 Å². The van der Waals surface area contributed by atoms with Gasteiger partial charge in [0.1, 0.15) is 5.82 Å². The topological polar surface area (TPSA) is 38.3 Å². The Morgan fingerprint density at radius 1 is 1.45 bits per heavy atom. The molecule has 1 aliphatic rings. The second-order valence-electron chi connectivity index (χ2n) is 6.34. The van der Waals surface area contributed by atoms with E-state index in [4.69, 9.17) is 4.74 Å². The van der Waals surface area contributed by atoms with Crippen LogP contribution in [0.15, 0.2) is 24.3 Å². The summed E-state index contributed by atoms with van der Waals surface area (Å²) in [7, 11) is 0. The van der Waals surface area contributed by atoms with Crippen LogP contribution in [0.3, 0.4) is 0 Å². The van der Waals surface area contributed by atoms with Gasteiger partial charge in [0.15, 0.2) is 0 Å². The van der Waals surface area contributed by atoms with Crippen LogP contribution in [-0.4, -0.2) is 24.7 Å². The molecule has 122 valence electrons. The molecule has 2 rings (SSSR count). The molecular formula is C18H26FNO2. The quantitative estimate of drug-likeness (QED) is 0.832. The summed E-state index contributed by atoms with van der Waals surface area (Å²) in [6, 6.07) is 6.62. The molecule has 4 heteroatoms. The first-order chi connectivity index (χ1) is 10.5. The summed E-state index contributed by atoms with van der Waals surface area (Å²) in [6.45, 7) is 4.85. The second-order valence-corrected chi connectivity index (χ2v) is 6.34. The summed E-state index contributed by atoms with van der Waals surface area (Å²) in [5, 5.41) is 3.03. The first kappa shape index (κ1) is 16.9. The van der Waals surface area contributed by atoms with Crippen LogP contribution >= 0.6 is 0 Å². The van der Waals surface area contributed by atoms with Gasteiger partial charge in [0, 0.05) is 19.1 Å². The number of carbonyl (C=O) groups is 1. The van der Waals surface area contributed by atoms with Crippen molar-refractivity contribution in [3.8, 4) is 0 Å². The van der Waals surface area contributed by atoms with Gasteiger partial charge in [0.2, 0.25) is 5.91 Å². The minimum atomic E-state index is -0.255. The van der Waals surface area contributed by atoms with Gasteiger partial charge in [-0.3, -0.25) is 4.79 Å². The van der Waals surface area contributed by atoms with E-state index < -0.39 is 0 Å². The predicted molar refractivity (Wildman–Crippen MR) is 85.2 cm³/mol. The highest BCUT2D eigenvalue weighted by atomic mass is 19.1. The largest absolute Gasteiger partial charge is 0.378 e. The van der Waals surface area contributed by atoms with Gasteiger partial charge in [-0.05, 0) is 56.2 Å². The predicted octanol–water partition coefficient (Wildman–Crippen LogP) is 3.78. The molecule has 1 amide bonds. The molecule has 1 heterocycles. The van der Waals surface area contributed by atoms with E-state index in [1.807, 2.05) is 19.9 Å². The van der Waals surface area contributed by atoms with Crippen LogP contribution in [0.4, 0.5) is 4.39 Å². The molecule has 1 N–H and O–H groups in total. The highest BCUT2D eigenvalue weighted by Crippen LogP contribution is 2.20. The van der Waals surface area contributed by atoms with Crippen LogP contribution in [0.25, 0.3) is 0 Å². The van der Waals surface area contributed by atoms with Gasteiger partial charge in [0.05, 0.1) is 6.10 Å². The Kier molecular flexibility index (Phi) is 6.37. The third-order valence-corrected chi connectivity index (χ3v) is 4.26.